The predicted molar refractivity (Wildman–Crippen MR) is 209 cm³/mol. The van der Waals surface area contributed by atoms with Crippen molar-refractivity contribution in [2.45, 2.75) is 0 Å². The molecule has 4 heterocycles. The highest BCUT2D eigenvalue weighted by atomic mass is 16.3. The molecule has 0 atom stereocenters. The van der Waals surface area contributed by atoms with Crippen molar-refractivity contribution in [3.05, 3.63) is 170 Å². The second-order valence-electron chi connectivity index (χ2n) is 13.0. The quantitative estimate of drug-likeness (QED) is 0.190. The summed E-state index contributed by atoms with van der Waals surface area (Å²) in [6, 6.07) is 59.4. The molecule has 7 aromatic carbocycles. The third kappa shape index (κ3) is 4.15. The highest BCUT2D eigenvalue weighted by molar-refractivity contribution is 6.24. The summed E-state index contributed by atoms with van der Waals surface area (Å²) >= 11 is 0. The Kier molecular flexibility index (Phi) is 5.89. The Morgan fingerprint density at radius 3 is 1.80 bits per heavy atom. The van der Waals surface area contributed by atoms with Gasteiger partial charge in [-0.15, -0.1) is 0 Å². The molecule has 0 saturated carbocycles. The van der Waals surface area contributed by atoms with Gasteiger partial charge in [0.2, 0.25) is 0 Å². The average molecular weight is 653 g/mol. The zero-order chi connectivity index (χ0) is 33.5. The number of aromatic nitrogens is 4. The SMILES string of the molecule is c1ccc(-c2cc(-n3c4ccccc4c4cc5c(cc43)c3ccc4c6ccccc6oc4c3n5-c3ccccc3)nc(-c3ccccc3)n2)cc1. The van der Waals surface area contributed by atoms with Gasteiger partial charge in [0.05, 0.1) is 27.8 Å². The molecule has 5 nitrogen and oxygen atoms in total. The lowest BCUT2D eigenvalue weighted by molar-refractivity contribution is 0.671. The maximum absolute atomic E-state index is 6.67. The molecule has 0 spiro atoms. The van der Waals surface area contributed by atoms with Crippen molar-refractivity contribution in [3.8, 4) is 34.2 Å². The lowest BCUT2D eigenvalue weighted by atomic mass is 10.1. The highest BCUT2D eigenvalue weighted by Crippen LogP contribution is 2.43. The largest absolute Gasteiger partial charge is 0.454 e. The van der Waals surface area contributed by atoms with Gasteiger partial charge >= 0.3 is 0 Å². The molecule has 0 fully saturated rings. The first-order valence-corrected chi connectivity index (χ1v) is 17.2. The van der Waals surface area contributed by atoms with Crippen molar-refractivity contribution in [3.63, 3.8) is 0 Å². The Bertz CT molecular complexity index is 3060. The number of furan rings is 1. The fraction of sp³-hybridized carbons (Fsp3) is 0. The van der Waals surface area contributed by atoms with E-state index in [4.69, 9.17) is 14.4 Å². The van der Waals surface area contributed by atoms with Gasteiger partial charge in [-0.25, -0.2) is 9.97 Å². The molecule has 4 aromatic heterocycles. The molecule has 238 valence electrons. The summed E-state index contributed by atoms with van der Waals surface area (Å²) in [7, 11) is 0. The van der Waals surface area contributed by atoms with Crippen LogP contribution in [-0.2, 0) is 0 Å². The van der Waals surface area contributed by atoms with E-state index in [0.29, 0.717) is 5.82 Å². The van der Waals surface area contributed by atoms with Crippen LogP contribution in [0.5, 0.6) is 0 Å². The maximum atomic E-state index is 6.67. The minimum Gasteiger partial charge on any atom is -0.454 e. The van der Waals surface area contributed by atoms with Gasteiger partial charge in [-0.05, 0) is 42.5 Å². The van der Waals surface area contributed by atoms with Crippen LogP contribution < -0.4 is 0 Å². The van der Waals surface area contributed by atoms with Gasteiger partial charge < -0.3 is 8.98 Å². The molecule has 11 aromatic rings. The van der Waals surface area contributed by atoms with E-state index in [9.17, 15) is 0 Å². The van der Waals surface area contributed by atoms with E-state index >= 15 is 0 Å². The molecule has 0 amide bonds. The molecule has 0 aliphatic carbocycles. The van der Waals surface area contributed by atoms with Crippen LogP contribution in [0.4, 0.5) is 0 Å². The number of rotatable bonds is 4. The second-order valence-corrected chi connectivity index (χ2v) is 13.0. The minimum atomic E-state index is 0.687. The second kappa shape index (κ2) is 10.8. The summed E-state index contributed by atoms with van der Waals surface area (Å²) in [5.41, 5.74) is 10.1. The topological polar surface area (TPSA) is 48.8 Å². The molecule has 0 aliphatic rings. The third-order valence-corrected chi connectivity index (χ3v) is 10.1. The molecular weight excluding hydrogens is 625 g/mol. The maximum Gasteiger partial charge on any atom is 0.162 e. The Balaban J connectivity index is 1.28. The van der Waals surface area contributed by atoms with Crippen LogP contribution in [0, 0.1) is 0 Å². The van der Waals surface area contributed by atoms with Gasteiger partial charge in [-0.1, -0.05) is 121 Å². The van der Waals surface area contributed by atoms with Crippen molar-refractivity contribution in [2.75, 3.05) is 0 Å². The van der Waals surface area contributed by atoms with Gasteiger partial charge in [0.25, 0.3) is 0 Å². The number of fused-ring (bicyclic) bond motifs is 10. The number of nitrogens with zero attached hydrogens (tertiary/aromatic N) is 4. The number of benzene rings is 7. The van der Waals surface area contributed by atoms with Gasteiger partial charge in [0.15, 0.2) is 11.4 Å². The molecule has 11 rings (SSSR count). The molecule has 0 bridgehead atoms. The summed E-state index contributed by atoms with van der Waals surface area (Å²) in [5, 5.41) is 6.83. The van der Waals surface area contributed by atoms with E-state index in [0.717, 1.165) is 93.9 Å². The van der Waals surface area contributed by atoms with Crippen molar-refractivity contribution in [1.82, 2.24) is 19.1 Å². The molecule has 51 heavy (non-hydrogen) atoms. The van der Waals surface area contributed by atoms with Crippen LogP contribution >= 0.6 is 0 Å². The molecule has 0 unspecified atom stereocenters. The van der Waals surface area contributed by atoms with Gasteiger partial charge in [0.1, 0.15) is 11.4 Å². The fourth-order valence-electron chi connectivity index (χ4n) is 7.85. The molecule has 5 heteroatoms. The average Bonchev–Trinajstić information content (AvgIpc) is 3.85. The molecule has 0 N–H and O–H groups in total. The highest BCUT2D eigenvalue weighted by Gasteiger charge is 2.23. The Hall–Kier alpha value is -6.98. The van der Waals surface area contributed by atoms with E-state index in [1.165, 1.54) is 0 Å². The van der Waals surface area contributed by atoms with E-state index in [1.54, 1.807) is 0 Å². The van der Waals surface area contributed by atoms with Gasteiger partial charge in [-0.2, -0.15) is 0 Å². The zero-order valence-corrected chi connectivity index (χ0v) is 27.4. The zero-order valence-electron chi connectivity index (χ0n) is 27.4. The summed E-state index contributed by atoms with van der Waals surface area (Å²) in [5.74, 6) is 1.51. The minimum absolute atomic E-state index is 0.687. The standard InChI is InChI=1S/C46H28N4O/c1-4-14-29(15-5-1)38-28-43(48-46(47-38)30-16-6-2-7-17-30)50-39-22-12-10-20-32(39)36-26-40-37(27-41(36)50)34-24-25-35-33-21-11-13-23-42(33)51-45(35)44(34)49(40)31-18-8-3-9-19-31/h1-28H. The number of hydrogen-bond donors (Lipinski definition) is 0. The number of hydrogen-bond acceptors (Lipinski definition) is 3. The molecular formula is C46H28N4O. The summed E-state index contributed by atoms with van der Waals surface area (Å²) in [6.45, 7) is 0. The van der Waals surface area contributed by atoms with E-state index in [-0.39, 0.29) is 0 Å². The van der Waals surface area contributed by atoms with Crippen molar-refractivity contribution in [1.29, 1.82) is 0 Å². The summed E-state index contributed by atoms with van der Waals surface area (Å²) in [6.07, 6.45) is 0. The molecule has 0 radical (unpaired) electrons. The first-order chi connectivity index (χ1) is 25.3. The van der Waals surface area contributed by atoms with E-state index < -0.39 is 0 Å². The van der Waals surface area contributed by atoms with Crippen LogP contribution in [0.2, 0.25) is 0 Å². The first-order valence-electron chi connectivity index (χ1n) is 17.2. The monoisotopic (exact) mass is 652 g/mol. The van der Waals surface area contributed by atoms with Crippen molar-refractivity contribution in [2.24, 2.45) is 0 Å². The smallest absolute Gasteiger partial charge is 0.162 e. The normalized spacial score (nSPS) is 11.9. The molecule has 0 saturated heterocycles. The van der Waals surface area contributed by atoms with Crippen LogP contribution in [0.15, 0.2) is 174 Å². The van der Waals surface area contributed by atoms with Crippen LogP contribution in [-0.4, -0.2) is 19.1 Å². The van der Waals surface area contributed by atoms with E-state index in [2.05, 4.69) is 149 Å². The van der Waals surface area contributed by atoms with Gasteiger partial charge in [-0.3, -0.25) is 4.57 Å². The van der Waals surface area contributed by atoms with Crippen LogP contribution in [0.3, 0.4) is 0 Å². The first kappa shape index (κ1) is 27.9. The van der Waals surface area contributed by atoms with E-state index in [1.807, 2.05) is 30.3 Å². The van der Waals surface area contributed by atoms with Crippen molar-refractivity contribution >= 4 is 65.6 Å². The summed E-state index contributed by atoms with van der Waals surface area (Å²) < 4.78 is 11.3. The fourth-order valence-corrected chi connectivity index (χ4v) is 7.85. The Morgan fingerprint density at radius 2 is 1.02 bits per heavy atom. The van der Waals surface area contributed by atoms with Crippen LogP contribution in [0.25, 0.3) is 99.7 Å². The lowest BCUT2D eigenvalue weighted by Gasteiger charge is -2.12. The summed E-state index contributed by atoms with van der Waals surface area (Å²) in [4.78, 5) is 10.3. The number of para-hydroxylation sites is 3. The molecule has 0 aliphatic heterocycles. The predicted octanol–water partition coefficient (Wildman–Crippen LogP) is 11.9. The lowest BCUT2D eigenvalue weighted by Crippen LogP contribution is -2.02. The third-order valence-electron chi connectivity index (χ3n) is 10.1. The Morgan fingerprint density at radius 1 is 0.412 bits per heavy atom. The van der Waals surface area contributed by atoms with Crippen molar-refractivity contribution < 1.29 is 4.42 Å². The van der Waals surface area contributed by atoms with Gasteiger partial charge in [0, 0.05) is 55.2 Å². The Labute approximate surface area is 292 Å². The van der Waals surface area contributed by atoms with Crippen LogP contribution in [0.1, 0.15) is 0 Å².